The Morgan fingerprint density at radius 1 is 1.06 bits per heavy atom. The molecule has 2 saturated carbocycles. The second-order valence-electron chi connectivity index (χ2n) is 9.43. The molecule has 1 heterocycles. The van der Waals surface area contributed by atoms with Crippen LogP contribution in [0.25, 0.3) is 0 Å². The van der Waals surface area contributed by atoms with Gasteiger partial charge in [0.2, 0.25) is 0 Å². The van der Waals surface area contributed by atoms with E-state index in [0.29, 0.717) is 17.9 Å². The number of piperidine rings is 1. The van der Waals surface area contributed by atoms with Crippen LogP contribution in [0.2, 0.25) is 0 Å². The number of benzene rings is 2. The topological polar surface area (TPSA) is 58.6 Å². The minimum absolute atomic E-state index is 0.148. The molecule has 2 bridgehead atoms. The molecule has 0 aromatic heterocycles. The maximum Gasteiger partial charge on any atom is 0.343 e. The first kappa shape index (κ1) is 20.7. The average Bonchev–Trinajstić information content (AvgIpc) is 3.54. The van der Waals surface area contributed by atoms with E-state index in [1.165, 1.54) is 12.1 Å². The smallest absolute Gasteiger partial charge is 0.343 e. The molecular formula is C26H30FNO3. The molecule has 1 saturated heterocycles. The van der Waals surface area contributed by atoms with Gasteiger partial charge in [-0.25, -0.2) is 9.18 Å². The lowest BCUT2D eigenvalue weighted by Crippen LogP contribution is -2.46. The highest BCUT2D eigenvalue weighted by Crippen LogP contribution is 2.44. The van der Waals surface area contributed by atoms with E-state index in [4.69, 9.17) is 4.74 Å². The highest BCUT2D eigenvalue weighted by Gasteiger charge is 2.52. The Hall–Kier alpha value is -2.24. The summed E-state index contributed by atoms with van der Waals surface area (Å²) in [5, 5.41) is 15.5. The van der Waals surface area contributed by atoms with Crippen LogP contribution in [0.15, 0.2) is 48.5 Å². The number of carbonyl (C=O) groups is 1. The number of ether oxygens (including phenoxy) is 1. The summed E-state index contributed by atoms with van der Waals surface area (Å²) >= 11 is 0. The Balaban J connectivity index is 1.48. The number of hydrogen-bond donors (Lipinski definition) is 2. The molecule has 3 fully saturated rings. The van der Waals surface area contributed by atoms with Crippen LogP contribution in [0, 0.1) is 17.7 Å². The summed E-state index contributed by atoms with van der Waals surface area (Å²) in [6.45, 7) is 0.881. The predicted octanol–water partition coefficient (Wildman–Crippen LogP) is 4.09. The molecule has 2 N–H and O–H groups in total. The molecular weight excluding hydrogens is 393 g/mol. The number of hydrogen-bond acceptors (Lipinski definition) is 4. The lowest BCUT2D eigenvalue weighted by Gasteiger charge is -2.35. The van der Waals surface area contributed by atoms with Crippen molar-refractivity contribution in [1.29, 1.82) is 0 Å². The zero-order valence-electron chi connectivity index (χ0n) is 17.7. The van der Waals surface area contributed by atoms with Crippen molar-refractivity contribution in [3.05, 3.63) is 71.0 Å². The van der Waals surface area contributed by atoms with Gasteiger partial charge in [0.05, 0.1) is 0 Å². The van der Waals surface area contributed by atoms with Crippen molar-refractivity contribution in [2.75, 3.05) is 6.54 Å². The van der Waals surface area contributed by atoms with Crippen LogP contribution in [0.5, 0.6) is 0 Å². The van der Waals surface area contributed by atoms with E-state index in [1.54, 1.807) is 12.1 Å². The SMILES string of the molecule is O=C(OC1C2CC[C@H]1NC2)C(O)(c1ccccc1Cc1ccc(F)cc1)C1CCCC1. The second kappa shape index (κ2) is 8.36. The largest absolute Gasteiger partial charge is 0.458 e. The number of esters is 1. The molecule has 4 atom stereocenters. The van der Waals surface area contributed by atoms with E-state index in [2.05, 4.69) is 5.32 Å². The van der Waals surface area contributed by atoms with Crippen molar-refractivity contribution in [3.8, 4) is 0 Å². The Morgan fingerprint density at radius 3 is 2.45 bits per heavy atom. The molecule has 3 unspecified atom stereocenters. The first-order chi connectivity index (χ1) is 15.1. The molecule has 164 valence electrons. The number of aliphatic hydroxyl groups is 1. The van der Waals surface area contributed by atoms with E-state index in [9.17, 15) is 14.3 Å². The van der Waals surface area contributed by atoms with E-state index in [0.717, 1.165) is 56.2 Å². The fourth-order valence-corrected chi connectivity index (χ4v) is 5.89. The van der Waals surface area contributed by atoms with Gasteiger partial charge in [0.25, 0.3) is 0 Å². The number of nitrogens with one attached hydrogen (secondary N) is 1. The van der Waals surface area contributed by atoms with Crippen molar-refractivity contribution in [1.82, 2.24) is 5.32 Å². The van der Waals surface area contributed by atoms with Crippen LogP contribution in [0.3, 0.4) is 0 Å². The Labute approximate surface area is 182 Å². The maximum absolute atomic E-state index is 13.6. The van der Waals surface area contributed by atoms with Crippen molar-refractivity contribution >= 4 is 5.97 Å². The number of rotatable bonds is 6. The molecule has 5 heteroatoms. The summed E-state index contributed by atoms with van der Waals surface area (Å²) in [5.74, 6) is -0.586. The van der Waals surface area contributed by atoms with E-state index >= 15 is 0 Å². The van der Waals surface area contributed by atoms with Crippen LogP contribution in [0.1, 0.15) is 55.2 Å². The third-order valence-electron chi connectivity index (χ3n) is 7.59. The standard InChI is InChI=1S/C26H30FNO3/c27-21-12-9-17(10-13-21)15-18-5-1-4-8-22(18)26(30,20-6-2-3-7-20)25(29)31-24-19-11-14-23(24)28-16-19/h1,4-5,8-10,12-13,19-20,23-24,28,30H,2-3,6-7,11,14-16H2/t19?,23-,24?,26?/m1/s1. The second-order valence-corrected chi connectivity index (χ2v) is 9.43. The predicted molar refractivity (Wildman–Crippen MR) is 116 cm³/mol. The van der Waals surface area contributed by atoms with Crippen LogP contribution >= 0.6 is 0 Å². The Kier molecular flexibility index (Phi) is 5.57. The minimum Gasteiger partial charge on any atom is -0.458 e. The Morgan fingerprint density at radius 2 is 1.81 bits per heavy atom. The fourth-order valence-electron chi connectivity index (χ4n) is 5.89. The lowest BCUT2D eigenvalue weighted by molar-refractivity contribution is -0.180. The van der Waals surface area contributed by atoms with Crippen molar-refractivity contribution < 1.29 is 19.0 Å². The van der Waals surface area contributed by atoms with Crippen LogP contribution < -0.4 is 5.32 Å². The van der Waals surface area contributed by atoms with Gasteiger partial charge >= 0.3 is 5.97 Å². The summed E-state index contributed by atoms with van der Waals surface area (Å²) in [5.41, 5.74) is 0.798. The van der Waals surface area contributed by atoms with Gasteiger partial charge in [-0.1, -0.05) is 49.2 Å². The quantitative estimate of drug-likeness (QED) is 0.687. The molecule has 31 heavy (non-hydrogen) atoms. The van der Waals surface area contributed by atoms with Crippen molar-refractivity contribution in [3.63, 3.8) is 0 Å². The summed E-state index contributed by atoms with van der Waals surface area (Å²) in [6, 6.07) is 14.2. The summed E-state index contributed by atoms with van der Waals surface area (Å²) in [4.78, 5) is 13.6. The van der Waals surface area contributed by atoms with Gasteiger partial charge in [0.1, 0.15) is 11.9 Å². The van der Waals surface area contributed by atoms with Gasteiger partial charge in [-0.2, -0.15) is 0 Å². The average molecular weight is 424 g/mol. The fraction of sp³-hybridized carbons (Fsp3) is 0.500. The van der Waals surface area contributed by atoms with E-state index < -0.39 is 11.6 Å². The highest BCUT2D eigenvalue weighted by atomic mass is 19.1. The van der Waals surface area contributed by atoms with Crippen LogP contribution in [-0.4, -0.2) is 29.8 Å². The van der Waals surface area contributed by atoms with Crippen molar-refractivity contribution in [2.45, 2.75) is 62.7 Å². The van der Waals surface area contributed by atoms with E-state index in [-0.39, 0.29) is 23.9 Å². The number of carbonyl (C=O) groups excluding carboxylic acids is 1. The Bertz CT molecular complexity index is 920. The summed E-state index contributed by atoms with van der Waals surface area (Å²) in [6.07, 6.45) is 6.11. The molecule has 5 rings (SSSR count). The van der Waals surface area contributed by atoms with E-state index in [1.807, 2.05) is 24.3 Å². The number of fused-ring (bicyclic) bond motifs is 2. The molecule has 0 radical (unpaired) electrons. The third-order valence-corrected chi connectivity index (χ3v) is 7.59. The normalized spacial score (nSPS) is 27.4. The first-order valence-corrected chi connectivity index (χ1v) is 11.6. The van der Waals surface area contributed by atoms with Gasteiger partial charge in [-0.05, 0) is 60.9 Å². The zero-order valence-corrected chi connectivity index (χ0v) is 17.7. The lowest BCUT2D eigenvalue weighted by atomic mass is 9.77. The van der Waals surface area contributed by atoms with Gasteiger partial charge in [0, 0.05) is 24.4 Å². The molecule has 3 aliphatic rings. The molecule has 0 amide bonds. The van der Waals surface area contributed by atoms with Crippen molar-refractivity contribution in [2.24, 2.45) is 11.8 Å². The highest BCUT2D eigenvalue weighted by molar-refractivity contribution is 5.82. The number of halogens is 1. The maximum atomic E-state index is 13.6. The van der Waals surface area contributed by atoms with Crippen LogP contribution in [-0.2, 0) is 21.6 Å². The third kappa shape index (κ3) is 3.79. The minimum atomic E-state index is -1.66. The van der Waals surface area contributed by atoms with Gasteiger partial charge in [-0.3, -0.25) is 0 Å². The molecule has 2 aromatic rings. The summed E-state index contributed by atoms with van der Waals surface area (Å²) < 4.78 is 19.4. The molecule has 4 nitrogen and oxygen atoms in total. The molecule has 2 aliphatic carbocycles. The monoisotopic (exact) mass is 423 g/mol. The van der Waals surface area contributed by atoms with Crippen LogP contribution in [0.4, 0.5) is 4.39 Å². The van der Waals surface area contributed by atoms with Gasteiger partial charge in [0.15, 0.2) is 5.60 Å². The molecule has 1 aliphatic heterocycles. The first-order valence-electron chi connectivity index (χ1n) is 11.6. The summed E-state index contributed by atoms with van der Waals surface area (Å²) in [7, 11) is 0. The van der Waals surface area contributed by atoms with Gasteiger partial charge in [-0.15, -0.1) is 0 Å². The zero-order chi connectivity index (χ0) is 21.4. The molecule has 0 spiro atoms. The van der Waals surface area contributed by atoms with Gasteiger partial charge < -0.3 is 15.2 Å². The molecule has 2 aromatic carbocycles.